The molecule has 1 aromatic carbocycles. The normalized spacial score (nSPS) is 20.8. The summed E-state index contributed by atoms with van der Waals surface area (Å²) >= 11 is 0. The van der Waals surface area contributed by atoms with Crippen LogP contribution in [0.15, 0.2) is 12.1 Å². The van der Waals surface area contributed by atoms with Gasteiger partial charge in [0.1, 0.15) is 6.54 Å². The fraction of sp³-hybridized carbons (Fsp3) is 0.600. The Labute approximate surface area is 108 Å². The molecule has 1 heterocycles. The van der Waals surface area contributed by atoms with E-state index in [1.165, 1.54) is 43.4 Å². The molecule has 98 valence electrons. The lowest BCUT2D eigenvalue weighted by Gasteiger charge is -2.34. The van der Waals surface area contributed by atoms with Crippen LogP contribution in [0.1, 0.15) is 36.8 Å². The molecule has 1 aliphatic heterocycles. The molecule has 3 heteroatoms. The number of ether oxygens (including phenoxy) is 2. The summed E-state index contributed by atoms with van der Waals surface area (Å²) in [4.78, 5) is 0. The van der Waals surface area contributed by atoms with Crippen molar-refractivity contribution in [2.24, 2.45) is 0 Å². The fourth-order valence-corrected chi connectivity index (χ4v) is 3.72. The Kier molecular flexibility index (Phi) is 2.94. The third-order valence-electron chi connectivity index (χ3n) is 4.64. The predicted octanol–water partition coefficient (Wildman–Crippen LogP) is 1.59. The standard InChI is InChI=1S/C15H21NO2/c1-17-13-7-11-9-16-10-15(5-3-4-6-15)12(11)8-14(13)18-2/h7-8,16H,3-6,9-10H2,1-2H3/p+1. The first-order valence-corrected chi connectivity index (χ1v) is 6.86. The van der Waals surface area contributed by atoms with Gasteiger partial charge in [0, 0.05) is 11.0 Å². The second-order valence-corrected chi connectivity index (χ2v) is 5.55. The van der Waals surface area contributed by atoms with E-state index in [-0.39, 0.29) is 0 Å². The topological polar surface area (TPSA) is 35.1 Å². The third kappa shape index (κ3) is 1.69. The molecule has 0 amide bonds. The second kappa shape index (κ2) is 4.47. The highest BCUT2D eigenvalue weighted by Crippen LogP contribution is 2.45. The van der Waals surface area contributed by atoms with Gasteiger partial charge in [0.2, 0.25) is 0 Å². The van der Waals surface area contributed by atoms with Crippen LogP contribution in [0.25, 0.3) is 0 Å². The largest absolute Gasteiger partial charge is 0.493 e. The van der Waals surface area contributed by atoms with Crippen LogP contribution in [0.5, 0.6) is 11.5 Å². The Bertz CT molecular complexity index is 450. The number of hydrogen-bond acceptors (Lipinski definition) is 2. The number of hydrogen-bond donors (Lipinski definition) is 1. The van der Waals surface area contributed by atoms with Crippen molar-refractivity contribution in [1.82, 2.24) is 0 Å². The third-order valence-corrected chi connectivity index (χ3v) is 4.64. The van der Waals surface area contributed by atoms with Crippen LogP contribution in [0.3, 0.4) is 0 Å². The van der Waals surface area contributed by atoms with Crippen molar-refractivity contribution in [3.63, 3.8) is 0 Å². The van der Waals surface area contributed by atoms with E-state index in [4.69, 9.17) is 9.47 Å². The summed E-state index contributed by atoms with van der Waals surface area (Å²) in [5.41, 5.74) is 3.34. The van der Waals surface area contributed by atoms with E-state index in [1.807, 2.05) is 0 Å². The molecular weight excluding hydrogens is 226 g/mol. The van der Waals surface area contributed by atoms with Gasteiger partial charge in [-0.3, -0.25) is 0 Å². The lowest BCUT2D eigenvalue weighted by atomic mass is 9.74. The zero-order valence-corrected chi connectivity index (χ0v) is 11.3. The molecule has 3 nitrogen and oxygen atoms in total. The van der Waals surface area contributed by atoms with E-state index in [0.29, 0.717) is 5.41 Å². The maximum atomic E-state index is 5.47. The van der Waals surface area contributed by atoms with Gasteiger partial charge in [-0.15, -0.1) is 0 Å². The molecule has 1 aromatic rings. The van der Waals surface area contributed by atoms with Crippen LogP contribution < -0.4 is 14.8 Å². The summed E-state index contributed by atoms with van der Waals surface area (Å²) in [6.07, 6.45) is 5.38. The van der Waals surface area contributed by atoms with Crippen molar-refractivity contribution in [2.75, 3.05) is 20.8 Å². The Morgan fingerprint density at radius 2 is 1.72 bits per heavy atom. The number of rotatable bonds is 2. The molecule has 2 N–H and O–H groups in total. The van der Waals surface area contributed by atoms with Crippen molar-refractivity contribution in [3.05, 3.63) is 23.3 Å². The van der Waals surface area contributed by atoms with Crippen LogP contribution in [-0.2, 0) is 12.0 Å². The van der Waals surface area contributed by atoms with E-state index < -0.39 is 0 Å². The molecule has 2 aliphatic rings. The molecule has 0 atom stereocenters. The smallest absolute Gasteiger partial charge is 0.161 e. The minimum absolute atomic E-state index is 0.396. The first kappa shape index (κ1) is 11.8. The van der Waals surface area contributed by atoms with Gasteiger partial charge in [0.25, 0.3) is 0 Å². The van der Waals surface area contributed by atoms with E-state index in [0.717, 1.165) is 18.0 Å². The Morgan fingerprint density at radius 1 is 1.06 bits per heavy atom. The number of benzene rings is 1. The number of fused-ring (bicyclic) bond motifs is 2. The Hall–Kier alpha value is -1.22. The van der Waals surface area contributed by atoms with E-state index in [9.17, 15) is 0 Å². The van der Waals surface area contributed by atoms with E-state index >= 15 is 0 Å². The molecule has 0 unspecified atom stereocenters. The minimum Gasteiger partial charge on any atom is -0.493 e. The van der Waals surface area contributed by atoms with Gasteiger partial charge in [0.05, 0.1) is 20.8 Å². The molecular formula is C15H22NO2+. The molecule has 1 spiro atoms. The second-order valence-electron chi connectivity index (χ2n) is 5.55. The average Bonchev–Trinajstić information content (AvgIpc) is 2.87. The van der Waals surface area contributed by atoms with Gasteiger partial charge in [-0.1, -0.05) is 12.8 Å². The first-order chi connectivity index (χ1) is 8.79. The van der Waals surface area contributed by atoms with Crippen LogP contribution in [0.2, 0.25) is 0 Å². The van der Waals surface area contributed by atoms with Crippen molar-refractivity contribution >= 4 is 0 Å². The number of methoxy groups -OCH3 is 2. The summed E-state index contributed by atoms with van der Waals surface area (Å²) in [7, 11) is 3.43. The highest BCUT2D eigenvalue weighted by Gasteiger charge is 2.42. The van der Waals surface area contributed by atoms with Gasteiger partial charge < -0.3 is 14.8 Å². The molecule has 0 bridgehead atoms. The van der Waals surface area contributed by atoms with Crippen molar-refractivity contribution < 1.29 is 14.8 Å². The molecule has 0 aromatic heterocycles. The molecule has 3 rings (SSSR count). The maximum Gasteiger partial charge on any atom is 0.161 e. The van der Waals surface area contributed by atoms with E-state index in [1.54, 1.807) is 14.2 Å². The summed E-state index contributed by atoms with van der Waals surface area (Å²) in [5.74, 6) is 1.74. The molecule has 1 fully saturated rings. The van der Waals surface area contributed by atoms with E-state index in [2.05, 4.69) is 17.4 Å². The Morgan fingerprint density at radius 3 is 2.39 bits per heavy atom. The monoisotopic (exact) mass is 248 g/mol. The maximum absolute atomic E-state index is 5.47. The van der Waals surface area contributed by atoms with Crippen molar-refractivity contribution in [1.29, 1.82) is 0 Å². The lowest BCUT2D eigenvalue weighted by Crippen LogP contribution is -2.87. The molecule has 18 heavy (non-hydrogen) atoms. The van der Waals surface area contributed by atoms with Crippen LogP contribution >= 0.6 is 0 Å². The van der Waals surface area contributed by atoms with Gasteiger partial charge in [-0.25, -0.2) is 0 Å². The van der Waals surface area contributed by atoms with Crippen LogP contribution in [0.4, 0.5) is 0 Å². The minimum atomic E-state index is 0.396. The van der Waals surface area contributed by atoms with Crippen molar-refractivity contribution in [3.8, 4) is 11.5 Å². The summed E-state index contributed by atoms with van der Waals surface area (Å²) in [6.45, 7) is 2.30. The Balaban J connectivity index is 2.11. The fourth-order valence-electron chi connectivity index (χ4n) is 3.72. The highest BCUT2D eigenvalue weighted by molar-refractivity contribution is 5.50. The quantitative estimate of drug-likeness (QED) is 0.862. The molecule has 1 saturated carbocycles. The summed E-state index contributed by atoms with van der Waals surface area (Å²) in [5, 5.41) is 2.44. The molecule has 1 aliphatic carbocycles. The van der Waals surface area contributed by atoms with Gasteiger partial charge in [-0.05, 0) is 30.5 Å². The van der Waals surface area contributed by atoms with Crippen LogP contribution in [0, 0.1) is 0 Å². The average molecular weight is 248 g/mol. The molecule has 0 saturated heterocycles. The molecule has 0 radical (unpaired) electrons. The summed E-state index contributed by atoms with van der Waals surface area (Å²) < 4.78 is 10.9. The lowest BCUT2D eigenvalue weighted by molar-refractivity contribution is -0.682. The highest BCUT2D eigenvalue weighted by atomic mass is 16.5. The van der Waals surface area contributed by atoms with Gasteiger partial charge in [-0.2, -0.15) is 0 Å². The number of quaternary nitrogens is 1. The van der Waals surface area contributed by atoms with Gasteiger partial charge in [0.15, 0.2) is 11.5 Å². The predicted molar refractivity (Wildman–Crippen MR) is 70.2 cm³/mol. The van der Waals surface area contributed by atoms with Crippen LogP contribution in [-0.4, -0.2) is 20.8 Å². The SMILES string of the molecule is COc1cc2c(cc1OC)C1(CCCC1)C[NH2+]C2. The van der Waals surface area contributed by atoms with Crippen molar-refractivity contribution in [2.45, 2.75) is 37.6 Å². The zero-order chi connectivity index (χ0) is 12.6. The zero-order valence-electron chi connectivity index (χ0n) is 11.3. The number of nitrogens with two attached hydrogens (primary N) is 1. The summed E-state index contributed by atoms with van der Waals surface area (Å²) in [6, 6.07) is 4.40. The van der Waals surface area contributed by atoms with Gasteiger partial charge >= 0.3 is 0 Å². The first-order valence-electron chi connectivity index (χ1n) is 6.86.